The number of hydrogen-bond donors (Lipinski definition) is 0. The molecule has 0 unspecified atom stereocenters. The number of likely N-dealkylation sites (tertiary alicyclic amines) is 1. The molecule has 0 aliphatic carbocycles. The van der Waals surface area contributed by atoms with Crippen LogP contribution in [0.25, 0.3) is 10.8 Å². The van der Waals surface area contributed by atoms with Gasteiger partial charge in [-0.1, -0.05) is 72.8 Å². The third kappa shape index (κ3) is 4.59. The molecule has 0 saturated carbocycles. The van der Waals surface area contributed by atoms with Crippen molar-refractivity contribution in [3.05, 3.63) is 83.9 Å². The lowest BCUT2D eigenvalue weighted by atomic mass is 10.0. The van der Waals surface area contributed by atoms with Crippen molar-refractivity contribution >= 4 is 10.8 Å². The van der Waals surface area contributed by atoms with Gasteiger partial charge in [0.2, 0.25) is 0 Å². The average molecular weight is 400 g/mol. The Bertz CT molecular complexity index is 933. The quantitative estimate of drug-likeness (QED) is 0.620. The molecule has 3 nitrogen and oxygen atoms in total. The van der Waals surface area contributed by atoms with Gasteiger partial charge >= 0.3 is 0 Å². The van der Waals surface area contributed by atoms with Crippen molar-refractivity contribution in [3.63, 3.8) is 0 Å². The van der Waals surface area contributed by atoms with Crippen LogP contribution in [0, 0.1) is 0 Å². The van der Waals surface area contributed by atoms with Gasteiger partial charge in [-0.05, 0) is 47.8 Å². The standard InChI is InChI=1S/C27H33N3/c1-2-7-23(8-3-1)21-28-15-13-26(14-16-28)30-19-17-29(18-20-30)22-25-11-6-10-24-9-4-5-12-27(24)25/h1-12,26H,13-22H2. The van der Waals surface area contributed by atoms with Crippen LogP contribution in [-0.2, 0) is 13.1 Å². The van der Waals surface area contributed by atoms with Crippen molar-refractivity contribution in [2.75, 3.05) is 39.3 Å². The molecule has 3 aromatic carbocycles. The Morgan fingerprint density at radius 3 is 2.07 bits per heavy atom. The summed E-state index contributed by atoms with van der Waals surface area (Å²) in [4.78, 5) is 8.03. The number of rotatable bonds is 5. The van der Waals surface area contributed by atoms with Crippen molar-refractivity contribution < 1.29 is 0 Å². The number of fused-ring (bicyclic) bond motifs is 1. The van der Waals surface area contributed by atoms with Gasteiger partial charge in [0.1, 0.15) is 0 Å². The van der Waals surface area contributed by atoms with E-state index in [2.05, 4.69) is 87.5 Å². The second-order valence-corrected chi connectivity index (χ2v) is 8.94. The van der Waals surface area contributed by atoms with Crippen LogP contribution >= 0.6 is 0 Å². The maximum atomic E-state index is 2.76. The van der Waals surface area contributed by atoms with E-state index in [1.165, 1.54) is 74.0 Å². The normalized spacial score (nSPS) is 20.0. The molecular formula is C27H33N3. The van der Waals surface area contributed by atoms with E-state index in [4.69, 9.17) is 0 Å². The van der Waals surface area contributed by atoms with Gasteiger partial charge in [-0.3, -0.25) is 14.7 Å². The lowest BCUT2D eigenvalue weighted by molar-refractivity contribution is 0.0551. The summed E-state index contributed by atoms with van der Waals surface area (Å²) in [6.45, 7) is 9.45. The third-order valence-electron chi connectivity index (χ3n) is 7.00. The van der Waals surface area contributed by atoms with Gasteiger partial charge in [0.25, 0.3) is 0 Å². The van der Waals surface area contributed by atoms with Crippen molar-refractivity contribution in [1.82, 2.24) is 14.7 Å². The Hall–Kier alpha value is -2.20. The van der Waals surface area contributed by atoms with Crippen LogP contribution in [0.5, 0.6) is 0 Å². The lowest BCUT2D eigenvalue weighted by Crippen LogP contribution is -2.52. The number of nitrogens with zero attached hydrogens (tertiary/aromatic N) is 3. The first-order chi connectivity index (χ1) is 14.8. The molecule has 2 saturated heterocycles. The zero-order chi connectivity index (χ0) is 20.2. The lowest BCUT2D eigenvalue weighted by Gasteiger charge is -2.43. The minimum absolute atomic E-state index is 0.775. The second-order valence-electron chi connectivity index (χ2n) is 8.94. The minimum atomic E-state index is 0.775. The molecule has 5 rings (SSSR count). The van der Waals surface area contributed by atoms with E-state index in [1.54, 1.807) is 0 Å². The maximum absolute atomic E-state index is 2.76. The Morgan fingerprint density at radius 1 is 0.600 bits per heavy atom. The van der Waals surface area contributed by atoms with Gasteiger partial charge in [0.05, 0.1) is 0 Å². The average Bonchev–Trinajstić information content (AvgIpc) is 2.81. The first-order valence-electron chi connectivity index (χ1n) is 11.5. The molecule has 0 spiro atoms. The Kier molecular flexibility index (Phi) is 6.12. The number of piperidine rings is 1. The highest BCUT2D eigenvalue weighted by Crippen LogP contribution is 2.23. The summed E-state index contributed by atoms with van der Waals surface area (Å²) in [7, 11) is 0. The molecule has 0 bridgehead atoms. The van der Waals surface area contributed by atoms with Gasteiger partial charge in [-0.25, -0.2) is 0 Å². The van der Waals surface area contributed by atoms with Crippen LogP contribution in [0.2, 0.25) is 0 Å². The summed E-state index contributed by atoms with van der Waals surface area (Å²) in [6.07, 6.45) is 2.63. The van der Waals surface area contributed by atoms with Gasteiger partial charge in [-0.15, -0.1) is 0 Å². The van der Waals surface area contributed by atoms with Crippen LogP contribution in [0.3, 0.4) is 0 Å². The van der Waals surface area contributed by atoms with E-state index < -0.39 is 0 Å². The predicted molar refractivity (Wildman–Crippen MR) is 126 cm³/mol. The fraction of sp³-hybridized carbons (Fsp3) is 0.407. The van der Waals surface area contributed by atoms with Crippen LogP contribution in [-0.4, -0.2) is 60.0 Å². The zero-order valence-electron chi connectivity index (χ0n) is 17.9. The monoisotopic (exact) mass is 399 g/mol. The number of hydrogen-bond acceptors (Lipinski definition) is 3. The van der Waals surface area contributed by atoms with E-state index in [0.29, 0.717) is 0 Å². The van der Waals surface area contributed by atoms with E-state index in [0.717, 1.165) is 19.1 Å². The summed E-state index contributed by atoms with van der Waals surface area (Å²) in [5.41, 5.74) is 2.91. The molecule has 3 aromatic rings. The van der Waals surface area contributed by atoms with E-state index >= 15 is 0 Å². The molecule has 2 aliphatic rings. The smallest absolute Gasteiger partial charge is 0.0240 e. The topological polar surface area (TPSA) is 9.72 Å². The molecule has 0 amide bonds. The number of piperazine rings is 1. The maximum Gasteiger partial charge on any atom is 0.0240 e. The molecule has 0 aromatic heterocycles. The fourth-order valence-corrected chi connectivity index (χ4v) is 5.24. The zero-order valence-corrected chi connectivity index (χ0v) is 17.9. The molecule has 0 atom stereocenters. The second kappa shape index (κ2) is 9.30. The molecule has 2 aliphatic heterocycles. The molecule has 0 radical (unpaired) electrons. The first kappa shape index (κ1) is 19.7. The van der Waals surface area contributed by atoms with Crippen LogP contribution in [0.1, 0.15) is 24.0 Å². The van der Waals surface area contributed by atoms with Crippen LogP contribution < -0.4 is 0 Å². The van der Waals surface area contributed by atoms with Crippen molar-refractivity contribution in [2.24, 2.45) is 0 Å². The van der Waals surface area contributed by atoms with Crippen molar-refractivity contribution in [2.45, 2.75) is 32.0 Å². The van der Waals surface area contributed by atoms with E-state index in [1.807, 2.05) is 0 Å². The highest BCUT2D eigenvalue weighted by atomic mass is 15.3. The molecule has 30 heavy (non-hydrogen) atoms. The Labute approximate surface area is 180 Å². The summed E-state index contributed by atoms with van der Waals surface area (Å²) >= 11 is 0. The van der Waals surface area contributed by atoms with Gasteiger partial charge in [0.15, 0.2) is 0 Å². The highest BCUT2D eigenvalue weighted by molar-refractivity contribution is 5.85. The largest absolute Gasteiger partial charge is 0.299 e. The van der Waals surface area contributed by atoms with Crippen molar-refractivity contribution in [3.8, 4) is 0 Å². The Morgan fingerprint density at radius 2 is 1.27 bits per heavy atom. The molecule has 3 heteroatoms. The summed E-state index contributed by atoms with van der Waals surface area (Å²) in [5.74, 6) is 0. The summed E-state index contributed by atoms with van der Waals surface area (Å²) < 4.78 is 0. The van der Waals surface area contributed by atoms with Crippen molar-refractivity contribution in [1.29, 1.82) is 0 Å². The summed E-state index contributed by atoms with van der Waals surface area (Å²) in [5, 5.41) is 2.77. The van der Waals surface area contributed by atoms with Gasteiger partial charge in [-0.2, -0.15) is 0 Å². The molecule has 0 N–H and O–H groups in total. The van der Waals surface area contributed by atoms with Gasteiger partial charge < -0.3 is 0 Å². The third-order valence-corrected chi connectivity index (χ3v) is 7.00. The van der Waals surface area contributed by atoms with Crippen LogP contribution in [0.4, 0.5) is 0 Å². The molecule has 2 fully saturated rings. The number of benzene rings is 3. The first-order valence-corrected chi connectivity index (χ1v) is 11.5. The molecular weight excluding hydrogens is 366 g/mol. The van der Waals surface area contributed by atoms with E-state index in [-0.39, 0.29) is 0 Å². The SMILES string of the molecule is c1ccc(CN2CCC(N3CCN(Cc4cccc5ccccc45)CC3)CC2)cc1. The highest BCUT2D eigenvalue weighted by Gasteiger charge is 2.27. The van der Waals surface area contributed by atoms with Crippen LogP contribution in [0.15, 0.2) is 72.8 Å². The van der Waals surface area contributed by atoms with E-state index in [9.17, 15) is 0 Å². The Balaban J connectivity index is 1.11. The minimum Gasteiger partial charge on any atom is -0.299 e. The molecule has 2 heterocycles. The van der Waals surface area contributed by atoms with Gasteiger partial charge in [0, 0.05) is 45.3 Å². The molecule has 156 valence electrons. The fourth-order valence-electron chi connectivity index (χ4n) is 5.24. The predicted octanol–water partition coefficient (Wildman–Crippen LogP) is 4.62. The summed E-state index contributed by atoms with van der Waals surface area (Å²) in [6, 6.07) is 27.2.